The molecule has 0 aliphatic heterocycles. The van der Waals surface area contributed by atoms with Gasteiger partial charge in [-0.1, -0.05) is 0 Å². The molecule has 0 heterocycles. The fourth-order valence-corrected chi connectivity index (χ4v) is 1.06. The zero-order valence-electron chi connectivity index (χ0n) is 8.67. The molecule has 2 amide bonds. The number of rotatable bonds is 2. The minimum absolute atomic E-state index is 0.00544. The van der Waals surface area contributed by atoms with E-state index in [1.807, 2.05) is 13.8 Å². The number of carbonyl (C=O) groups is 1. The van der Waals surface area contributed by atoms with Gasteiger partial charge in [0.2, 0.25) is 0 Å². The third-order valence-electron chi connectivity index (χ3n) is 1.66. The van der Waals surface area contributed by atoms with E-state index in [2.05, 4.69) is 10.6 Å². The number of nitrogen functional groups attached to an aromatic ring is 1. The standard InChI is InChI=1S/C10H14FN3O/c1-6(2)13-10(15)14-9-5-7(12)3-4-8(9)11/h3-6H,12H2,1-2H3,(H2,13,14,15). The highest BCUT2D eigenvalue weighted by molar-refractivity contribution is 5.90. The molecule has 0 fully saturated rings. The monoisotopic (exact) mass is 211 g/mol. The second-order valence-electron chi connectivity index (χ2n) is 3.49. The van der Waals surface area contributed by atoms with Crippen molar-refractivity contribution >= 4 is 17.4 Å². The Labute approximate surface area is 87.7 Å². The van der Waals surface area contributed by atoms with Crippen molar-refractivity contribution in [3.05, 3.63) is 24.0 Å². The van der Waals surface area contributed by atoms with Crippen LogP contribution in [0, 0.1) is 5.82 Å². The second-order valence-corrected chi connectivity index (χ2v) is 3.49. The Morgan fingerprint density at radius 1 is 1.47 bits per heavy atom. The molecule has 0 atom stereocenters. The number of benzene rings is 1. The summed E-state index contributed by atoms with van der Waals surface area (Å²) in [6.07, 6.45) is 0. The fraction of sp³-hybridized carbons (Fsp3) is 0.300. The molecule has 0 spiro atoms. The number of hydrogen-bond donors (Lipinski definition) is 3. The van der Waals surface area contributed by atoms with Gasteiger partial charge in [-0.15, -0.1) is 0 Å². The van der Waals surface area contributed by atoms with Gasteiger partial charge in [-0.3, -0.25) is 0 Å². The summed E-state index contributed by atoms with van der Waals surface area (Å²) in [6, 6.07) is 3.56. The van der Waals surface area contributed by atoms with E-state index in [9.17, 15) is 9.18 Å². The lowest BCUT2D eigenvalue weighted by molar-refractivity contribution is 0.250. The third kappa shape index (κ3) is 3.46. The molecular formula is C10H14FN3O. The summed E-state index contributed by atoms with van der Waals surface area (Å²) in [5.74, 6) is -0.511. The molecule has 82 valence electrons. The van der Waals surface area contributed by atoms with Crippen LogP contribution in [0.2, 0.25) is 0 Å². The number of carbonyl (C=O) groups excluding carboxylic acids is 1. The summed E-state index contributed by atoms with van der Waals surface area (Å²) in [5, 5.41) is 4.96. The van der Waals surface area contributed by atoms with Gasteiger partial charge in [0.25, 0.3) is 0 Å². The summed E-state index contributed by atoms with van der Waals surface area (Å²) in [6.45, 7) is 3.63. The van der Waals surface area contributed by atoms with Gasteiger partial charge < -0.3 is 16.4 Å². The molecule has 0 saturated carbocycles. The largest absolute Gasteiger partial charge is 0.399 e. The predicted molar refractivity (Wildman–Crippen MR) is 58.1 cm³/mol. The maximum Gasteiger partial charge on any atom is 0.319 e. The highest BCUT2D eigenvalue weighted by Crippen LogP contribution is 2.16. The number of hydrogen-bond acceptors (Lipinski definition) is 2. The van der Waals surface area contributed by atoms with Crippen molar-refractivity contribution in [2.24, 2.45) is 0 Å². The summed E-state index contributed by atoms with van der Waals surface area (Å²) >= 11 is 0. The van der Waals surface area contributed by atoms with Crippen molar-refractivity contribution in [1.82, 2.24) is 5.32 Å². The lowest BCUT2D eigenvalue weighted by atomic mass is 10.2. The maximum absolute atomic E-state index is 13.2. The molecule has 0 saturated heterocycles. The first-order chi connectivity index (χ1) is 6.99. The minimum Gasteiger partial charge on any atom is -0.399 e. The highest BCUT2D eigenvalue weighted by Gasteiger charge is 2.07. The Balaban J connectivity index is 2.71. The first kappa shape index (κ1) is 11.3. The van der Waals surface area contributed by atoms with Crippen molar-refractivity contribution < 1.29 is 9.18 Å². The molecule has 0 radical (unpaired) electrons. The molecule has 1 rings (SSSR count). The van der Waals surface area contributed by atoms with Gasteiger partial charge in [-0.05, 0) is 32.0 Å². The Bertz CT molecular complexity index is 366. The van der Waals surface area contributed by atoms with E-state index in [1.165, 1.54) is 18.2 Å². The Kier molecular flexibility index (Phi) is 3.49. The smallest absolute Gasteiger partial charge is 0.319 e. The molecule has 4 nitrogen and oxygen atoms in total. The molecule has 0 aromatic heterocycles. The van der Waals surface area contributed by atoms with E-state index in [4.69, 9.17) is 5.73 Å². The SMILES string of the molecule is CC(C)NC(=O)Nc1cc(N)ccc1F. The van der Waals surface area contributed by atoms with Gasteiger partial charge in [-0.25, -0.2) is 9.18 Å². The molecule has 0 bridgehead atoms. The van der Waals surface area contributed by atoms with E-state index in [1.54, 1.807) is 0 Å². The second kappa shape index (κ2) is 4.63. The summed E-state index contributed by atoms with van der Waals surface area (Å²) in [4.78, 5) is 11.3. The van der Waals surface area contributed by atoms with Crippen LogP contribution in [0.5, 0.6) is 0 Å². The van der Waals surface area contributed by atoms with Crippen LogP contribution >= 0.6 is 0 Å². The predicted octanol–water partition coefficient (Wildman–Crippen LogP) is 1.94. The minimum atomic E-state index is -0.511. The molecule has 0 aliphatic rings. The van der Waals surface area contributed by atoms with Crippen LogP contribution in [-0.4, -0.2) is 12.1 Å². The van der Waals surface area contributed by atoms with E-state index in [0.29, 0.717) is 5.69 Å². The zero-order chi connectivity index (χ0) is 11.4. The molecule has 1 aromatic rings. The molecule has 1 aromatic carbocycles. The van der Waals surface area contributed by atoms with E-state index in [0.717, 1.165) is 0 Å². The summed E-state index contributed by atoms with van der Waals surface area (Å²) < 4.78 is 13.2. The van der Waals surface area contributed by atoms with E-state index >= 15 is 0 Å². The average molecular weight is 211 g/mol. The van der Waals surface area contributed by atoms with Crippen molar-refractivity contribution in [3.8, 4) is 0 Å². The van der Waals surface area contributed by atoms with Crippen LogP contribution < -0.4 is 16.4 Å². The van der Waals surface area contributed by atoms with Crippen LogP contribution in [0.25, 0.3) is 0 Å². The van der Waals surface area contributed by atoms with Crippen molar-refractivity contribution in [2.45, 2.75) is 19.9 Å². The quantitative estimate of drug-likeness (QED) is 0.654. The van der Waals surface area contributed by atoms with Gasteiger partial charge in [0.05, 0.1) is 5.69 Å². The van der Waals surface area contributed by atoms with Gasteiger partial charge in [0.15, 0.2) is 0 Å². The molecule has 0 aliphatic carbocycles. The van der Waals surface area contributed by atoms with Gasteiger partial charge in [0.1, 0.15) is 5.82 Å². The summed E-state index contributed by atoms with van der Waals surface area (Å²) in [5.41, 5.74) is 5.94. The van der Waals surface area contributed by atoms with Crippen LogP contribution in [0.3, 0.4) is 0 Å². The Morgan fingerprint density at radius 2 is 2.13 bits per heavy atom. The van der Waals surface area contributed by atoms with Crippen LogP contribution in [-0.2, 0) is 0 Å². The molecule has 0 unspecified atom stereocenters. The highest BCUT2D eigenvalue weighted by atomic mass is 19.1. The van der Waals surface area contributed by atoms with Gasteiger partial charge >= 0.3 is 6.03 Å². The Morgan fingerprint density at radius 3 is 2.73 bits per heavy atom. The van der Waals surface area contributed by atoms with Crippen molar-refractivity contribution in [1.29, 1.82) is 0 Å². The lowest BCUT2D eigenvalue weighted by Gasteiger charge is -2.10. The zero-order valence-corrected chi connectivity index (χ0v) is 8.67. The number of nitrogens with one attached hydrogen (secondary N) is 2. The first-order valence-electron chi connectivity index (χ1n) is 4.61. The average Bonchev–Trinajstić information content (AvgIpc) is 2.10. The van der Waals surface area contributed by atoms with Gasteiger partial charge in [0, 0.05) is 11.7 Å². The number of anilines is 2. The third-order valence-corrected chi connectivity index (χ3v) is 1.66. The fourth-order valence-electron chi connectivity index (χ4n) is 1.06. The molecule has 15 heavy (non-hydrogen) atoms. The Hall–Kier alpha value is -1.78. The normalized spacial score (nSPS) is 10.1. The number of urea groups is 1. The van der Waals surface area contributed by atoms with Crippen molar-refractivity contribution in [2.75, 3.05) is 11.1 Å². The van der Waals surface area contributed by atoms with Crippen LogP contribution in [0.15, 0.2) is 18.2 Å². The number of nitrogens with two attached hydrogens (primary N) is 1. The van der Waals surface area contributed by atoms with Crippen molar-refractivity contribution in [3.63, 3.8) is 0 Å². The number of halogens is 1. The molecular weight excluding hydrogens is 197 g/mol. The summed E-state index contributed by atoms with van der Waals surface area (Å²) in [7, 11) is 0. The molecule has 4 N–H and O–H groups in total. The van der Waals surface area contributed by atoms with E-state index in [-0.39, 0.29) is 11.7 Å². The topological polar surface area (TPSA) is 67.2 Å². The van der Waals surface area contributed by atoms with Crippen LogP contribution in [0.4, 0.5) is 20.6 Å². The van der Waals surface area contributed by atoms with E-state index < -0.39 is 11.8 Å². The van der Waals surface area contributed by atoms with Crippen LogP contribution in [0.1, 0.15) is 13.8 Å². The molecule has 5 heteroatoms. The maximum atomic E-state index is 13.2. The van der Waals surface area contributed by atoms with Gasteiger partial charge in [-0.2, -0.15) is 0 Å². The number of amides is 2. The lowest BCUT2D eigenvalue weighted by Crippen LogP contribution is -2.34. The first-order valence-corrected chi connectivity index (χ1v) is 4.61.